The van der Waals surface area contributed by atoms with E-state index in [4.69, 9.17) is 14.2 Å². The first-order chi connectivity index (χ1) is 31.0. The maximum Gasteiger partial charge on any atom is 0.306 e. The standard InChI is InChI=1S/C57H110O6/c1-4-7-10-13-15-17-19-21-23-24-25-26-27-28-29-30-31-32-34-35-37-39-41-44-47-50-56(59)62-53-54(52-61-55(58)49-46-43-12-9-6-3)63-57(60)51-48-45-42-40-38-36-33-22-20-18-16-14-11-8-5-2/h54H,4-53H2,1-3H3. The summed E-state index contributed by atoms with van der Waals surface area (Å²) in [4.78, 5) is 37.7. The Bertz CT molecular complexity index is 936. The van der Waals surface area contributed by atoms with Crippen LogP contribution in [0.25, 0.3) is 0 Å². The molecule has 0 aliphatic carbocycles. The van der Waals surface area contributed by atoms with Gasteiger partial charge in [0.1, 0.15) is 13.2 Å². The van der Waals surface area contributed by atoms with Crippen LogP contribution in [-0.4, -0.2) is 37.2 Å². The summed E-state index contributed by atoms with van der Waals surface area (Å²) in [7, 11) is 0. The van der Waals surface area contributed by atoms with Crippen molar-refractivity contribution in [3.63, 3.8) is 0 Å². The average Bonchev–Trinajstić information content (AvgIpc) is 3.28. The summed E-state index contributed by atoms with van der Waals surface area (Å²) >= 11 is 0. The minimum atomic E-state index is -0.758. The summed E-state index contributed by atoms with van der Waals surface area (Å²) in [5.74, 6) is -0.854. The quantitative estimate of drug-likeness (QED) is 0.0344. The molecule has 0 saturated heterocycles. The third-order valence-corrected chi connectivity index (χ3v) is 13.1. The van der Waals surface area contributed by atoms with Gasteiger partial charge in [-0.15, -0.1) is 0 Å². The topological polar surface area (TPSA) is 78.9 Å². The van der Waals surface area contributed by atoms with E-state index >= 15 is 0 Å². The molecule has 6 nitrogen and oxygen atoms in total. The summed E-state index contributed by atoms with van der Waals surface area (Å²) in [6.45, 7) is 6.62. The maximum absolute atomic E-state index is 12.7. The van der Waals surface area contributed by atoms with E-state index in [1.807, 2.05) is 0 Å². The van der Waals surface area contributed by atoms with Crippen molar-refractivity contribution in [1.29, 1.82) is 0 Å². The third kappa shape index (κ3) is 51.3. The second-order valence-corrected chi connectivity index (χ2v) is 19.6. The number of hydrogen-bond donors (Lipinski definition) is 0. The van der Waals surface area contributed by atoms with Gasteiger partial charge in [-0.25, -0.2) is 0 Å². The summed E-state index contributed by atoms with van der Waals surface area (Å²) in [5.41, 5.74) is 0. The first-order valence-corrected chi connectivity index (χ1v) is 28.5. The van der Waals surface area contributed by atoms with Gasteiger partial charge in [0.15, 0.2) is 6.10 Å². The van der Waals surface area contributed by atoms with Crippen LogP contribution in [0.3, 0.4) is 0 Å². The van der Waals surface area contributed by atoms with Crippen molar-refractivity contribution in [2.75, 3.05) is 13.2 Å². The van der Waals surface area contributed by atoms with E-state index < -0.39 is 6.10 Å². The molecular weight excluding hydrogens is 781 g/mol. The lowest BCUT2D eigenvalue weighted by Gasteiger charge is -2.18. The molecule has 374 valence electrons. The molecule has 6 heteroatoms. The second-order valence-electron chi connectivity index (χ2n) is 19.6. The predicted molar refractivity (Wildman–Crippen MR) is 270 cm³/mol. The highest BCUT2D eigenvalue weighted by Crippen LogP contribution is 2.18. The number of carbonyl (C=O) groups is 3. The number of rotatable bonds is 53. The Balaban J connectivity index is 3.97. The van der Waals surface area contributed by atoms with Crippen LogP contribution < -0.4 is 0 Å². The van der Waals surface area contributed by atoms with Gasteiger partial charge < -0.3 is 14.2 Å². The maximum atomic E-state index is 12.7. The molecule has 0 spiro atoms. The lowest BCUT2D eigenvalue weighted by molar-refractivity contribution is -0.167. The Morgan fingerprint density at radius 1 is 0.254 bits per heavy atom. The molecule has 0 amide bonds. The number of hydrogen-bond acceptors (Lipinski definition) is 6. The van der Waals surface area contributed by atoms with Crippen molar-refractivity contribution < 1.29 is 28.6 Å². The predicted octanol–water partition coefficient (Wildman–Crippen LogP) is 18.8. The van der Waals surface area contributed by atoms with E-state index in [1.165, 1.54) is 225 Å². The third-order valence-electron chi connectivity index (χ3n) is 13.1. The van der Waals surface area contributed by atoms with Crippen LogP contribution in [0, 0.1) is 0 Å². The average molecular weight is 892 g/mol. The molecule has 0 aliphatic rings. The first kappa shape index (κ1) is 61.4. The molecule has 0 aromatic rings. The van der Waals surface area contributed by atoms with Crippen molar-refractivity contribution in [1.82, 2.24) is 0 Å². The summed E-state index contributed by atoms with van der Waals surface area (Å²) in [5, 5.41) is 0. The molecule has 0 heterocycles. The van der Waals surface area contributed by atoms with Crippen molar-refractivity contribution >= 4 is 17.9 Å². The Labute approximate surface area is 393 Å². The minimum Gasteiger partial charge on any atom is -0.462 e. The van der Waals surface area contributed by atoms with Crippen molar-refractivity contribution in [2.24, 2.45) is 0 Å². The number of esters is 3. The van der Waals surface area contributed by atoms with E-state index in [0.717, 1.165) is 64.2 Å². The molecule has 0 aromatic heterocycles. The van der Waals surface area contributed by atoms with Crippen LogP contribution in [0.1, 0.15) is 329 Å². The molecule has 0 radical (unpaired) electrons. The largest absolute Gasteiger partial charge is 0.462 e. The summed E-state index contributed by atoms with van der Waals surface area (Å²) in [6, 6.07) is 0. The Morgan fingerprint density at radius 2 is 0.429 bits per heavy atom. The summed E-state index contributed by atoms with van der Waals surface area (Å²) < 4.78 is 16.7. The molecule has 0 N–H and O–H groups in total. The first-order valence-electron chi connectivity index (χ1n) is 28.5. The molecule has 0 aliphatic heterocycles. The highest BCUT2D eigenvalue weighted by molar-refractivity contribution is 5.71. The van der Waals surface area contributed by atoms with Gasteiger partial charge >= 0.3 is 17.9 Å². The zero-order chi connectivity index (χ0) is 45.8. The van der Waals surface area contributed by atoms with Crippen LogP contribution in [0.2, 0.25) is 0 Å². The van der Waals surface area contributed by atoms with E-state index in [1.54, 1.807) is 0 Å². The number of unbranched alkanes of at least 4 members (excludes halogenated alkanes) is 42. The molecule has 0 fully saturated rings. The monoisotopic (exact) mass is 891 g/mol. The Hall–Kier alpha value is -1.59. The fraction of sp³-hybridized carbons (Fsp3) is 0.947. The number of ether oxygens (including phenoxy) is 3. The van der Waals surface area contributed by atoms with Gasteiger partial charge in [-0.1, -0.05) is 290 Å². The van der Waals surface area contributed by atoms with E-state index in [0.29, 0.717) is 19.3 Å². The highest BCUT2D eigenvalue weighted by atomic mass is 16.6. The van der Waals surface area contributed by atoms with Gasteiger partial charge in [-0.2, -0.15) is 0 Å². The molecule has 0 saturated carbocycles. The second kappa shape index (κ2) is 53.0. The van der Waals surface area contributed by atoms with Crippen LogP contribution in [0.5, 0.6) is 0 Å². The molecule has 0 rings (SSSR count). The SMILES string of the molecule is CCCCCCCCCCCCCCCCCCCCCCCCCCCC(=O)OCC(COC(=O)CCCCCCC)OC(=O)CCCCCCCCCCCCCCCCC. The zero-order valence-corrected chi connectivity index (χ0v) is 42.9. The van der Waals surface area contributed by atoms with Crippen LogP contribution in [0.15, 0.2) is 0 Å². The molecule has 1 atom stereocenters. The number of carbonyl (C=O) groups excluding carboxylic acids is 3. The fourth-order valence-electron chi connectivity index (χ4n) is 8.80. The van der Waals surface area contributed by atoms with Gasteiger partial charge in [-0.05, 0) is 19.3 Å². The zero-order valence-electron chi connectivity index (χ0n) is 42.9. The molecule has 63 heavy (non-hydrogen) atoms. The van der Waals surface area contributed by atoms with Crippen molar-refractivity contribution in [3.8, 4) is 0 Å². The minimum absolute atomic E-state index is 0.0628. The molecular formula is C57H110O6. The molecule has 0 aromatic carbocycles. The van der Waals surface area contributed by atoms with E-state index in [9.17, 15) is 14.4 Å². The van der Waals surface area contributed by atoms with E-state index in [-0.39, 0.29) is 31.1 Å². The van der Waals surface area contributed by atoms with Gasteiger partial charge in [0, 0.05) is 19.3 Å². The van der Waals surface area contributed by atoms with Crippen molar-refractivity contribution in [3.05, 3.63) is 0 Å². The van der Waals surface area contributed by atoms with E-state index in [2.05, 4.69) is 20.8 Å². The highest BCUT2D eigenvalue weighted by Gasteiger charge is 2.19. The van der Waals surface area contributed by atoms with Gasteiger partial charge in [0.2, 0.25) is 0 Å². The fourth-order valence-corrected chi connectivity index (χ4v) is 8.80. The van der Waals surface area contributed by atoms with Gasteiger partial charge in [-0.3, -0.25) is 14.4 Å². The van der Waals surface area contributed by atoms with Crippen LogP contribution in [-0.2, 0) is 28.6 Å². The van der Waals surface area contributed by atoms with Crippen LogP contribution >= 0.6 is 0 Å². The Kier molecular flexibility index (Phi) is 51.7. The normalized spacial score (nSPS) is 11.9. The molecule has 0 bridgehead atoms. The molecule has 1 unspecified atom stereocenters. The van der Waals surface area contributed by atoms with Gasteiger partial charge in [0.25, 0.3) is 0 Å². The lowest BCUT2D eigenvalue weighted by Crippen LogP contribution is -2.30. The Morgan fingerprint density at radius 3 is 0.635 bits per heavy atom. The van der Waals surface area contributed by atoms with Crippen molar-refractivity contribution in [2.45, 2.75) is 335 Å². The smallest absolute Gasteiger partial charge is 0.306 e. The lowest BCUT2D eigenvalue weighted by atomic mass is 10.0. The van der Waals surface area contributed by atoms with Gasteiger partial charge in [0.05, 0.1) is 0 Å². The van der Waals surface area contributed by atoms with Crippen LogP contribution in [0.4, 0.5) is 0 Å². The summed E-state index contributed by atoms with van der Waals surface area (Å²) in [6.07, 6.45) is 58.6.